The number of anilines is 1. The molecule has 8 heteroatoms. The van der Waals surface area contributed by atoms with Gasteiger partial charge in [0.15, 0.2) is 0 Å². The van der Waals surface area contributed by atoms with Gasteiger partial charge in [-0.05, 0) is 44.1 Å². The van der Waals surface area contributed by atoms with E-state index in [1.165, 1.54) is 18.4 Å². The number of methoxy groups -OCH3 is 1. The van der Waals surface area contributed by atoms with Gasteiger partial charge in [-0.3, -0.25) is 4.79 Å². The second-order valence-corrected chi connectivity index (χ2v) is 8.87. The van der Waals surface area contributed by atoms with Crippen LogP contribution >= 0.6 is 11.3 Å². The third kappa shape index (κ3) is 3.33. The molecule has 0 unspecified atom stereocenters. The van der Waals surface area contributed by atoms with E-state index in [9.17, 15) is 19.5 Å². The van der Waals surface area contributed by atoms with E-state index in [1.807, 2.05) is 0 Å². The number of carbonyl (C=O) groups is 3. The predicted molar refractivity (Wildman–Crippen MR) is 100 cm³/mol. The van der Waals surface area contributed by atoms with Crippen molar-refractivity contribution < 1.29 is 29.0 Å². The lowest BCUT2D eigenvalue weighted by Crippen LogP contribution is -2.46. The molecule has 1 aliphatic carbocycles. The van der Waals surface area contributed by atoms with Crippen LogP contribution in [0.4, 0.5) is 5.00 Å². The quantitative estimate of drug-likeness (QED) is 0.763. The maximum atomic E-state index is 13.0. The van der Waals surface area contributed by atoms with E-state index in [0.717, 1.165) is 49.0 Å². The molecule has 0 saturated carbocycles. The van der Waals surface area contributed by atoms with Gasteiger partial charge in [-0.25, -0.2) is 4.79 Å². The van der Waals surface area contributed by atoms with Crippen molar-refractivity contribution in [3.63, 3.8) is 0 Å². The second-order valence-electron chi connectivity index (χ2n) is 7.76. The number of ether oxygens (including phenoxy) is 2. The summed E-state index contributed by atoms with van der Waals surface area (Å²) in [6, 6.07) is 0. The number of aryl methyl sites for hydroxylation is 1. The second kappa shape index (κ2) is 7.83. The summed E-state index contributed by atoms with van der Waals surface area (Å²) >= 11 is 1.41. The molecule has 3 aliphatic rings. The maximum absolute atomic E-state index is 13.0. The summed E-state index contributed by atoms with van der Waals surface area (Å²) in [5.41, 5.74) is 1.39. The Balaban J connectivity index is 1.63. The van der Waals surface area contributed by atoms with Gasteiger partial charge in [0.25, 0.3) is 0 Å². The number of aliphatic carboxylic acids is 1. The van der Waals surface area contributed by atoms with Crippen molar-refractivity contribution in [3.8, 4) is 0 Å². The Morgan fingerprint density at radius 3 is 2.43 bits per heavy atom. The molecule has 152 valence electrons. The standard InChI is InChI=1S/C20H25NO6S/c1-26-20(25)14-10-6-4-2-3-5-7-13(10)28-18(14)21-17(22)15-11-8-9-12(27-11)16(15)19(23)24/h11-12,15-16H,2-9H2,1H3,(H,21,22)(H,23,24)/p-1/t11-,12+,15+,16+/m1/s1. The Bertz CT molecular complexity index is 803. The zero-order chi connectivity index (χ0) is 19.8. The highest BCUT2D eigenvalue weighted by molar-refractivity contribution is 7.17. The molecule has 28 heavy (non-hydrogen) atoms. The van der Waals surface area contributed by atoms with Crippen LogP contribution in [0.2, 0.25) is 0 Å². The summed E-state index contributed by atoms with van der Waals surface area (Å²) in [5.74, 6) is -3.87. The van der Waals surface area contributed by atoms with E-state index in [-0.39, 0.29) is 0 Å². The monoisotopic (exact) mass is 406 g/mol. The van der Waals surface area contributed by atoms with E-state index in [0.29, 0.717) is 23.4 Å². The molecule has 0 aromatic carbocycles. The van der Waals surface area contributed by atoms with Gasteiger partial charge in [-0.2, -0.15) is 0 Å². The summed E-state index contributed by atoms with van der Waals surface area (Å²) in [7, 11) is 1.33. The number of hydrogen-bond acceptors (Lipinski definition) is 7. The first-order valence-electron chi connectivity index (χ1n) is 9.91. The van der Waals surface area contributed by atoms with Crippen molar-refractivity contribution in [3.05, 3.63) is 16.0 Å². The Hall–Kier alpha value is -1.93. The van der Waals surface area contributed by atoms with Crippen molar-refractivity contribution in [2.45, 2.75) is 63.6 Å². The zero-order valence-corrected chi connectivity index (χ0v) is 16.6. The van der Waals surface area contributed by atoms with Crippen LogP contribution in [0.25, 0.3) is 0 Å². The van der Waals surface area contributed by atoms with E-state index in [1.54, 1.807) is 0 Å². The molecule has 7 nitrogen and oxygen atoms in total. The fraction of sp³-hybridized carbons (Fsp3) is 0.650. The fourth-order valence-electron chi connectivity index (χ4n) is 4.83. The van der Waals surface area contributed by atoms with Crippen molar-refractivity contribution in [1.29, 1.82) is 0 Å². The zero-order valence-electron chi connectivity index (χ0n) is 15.8. The Kier molecular flexibility index (Phi) is 5.42. The molecule has 3 heterocycles. The lowest BCUT2D eigenvalue weighted by Gasteiger charge is -2.27. The van der Waals surface area contributed by atoms with Crippen LogP contribution in [0.15, 0.2) is 0 Å². The average molecular weight is 406 g/mol. The van der Waals surface area contributed by atoms with Gasteiger partial charge < -0.3 is 24.7 Å². The number of carboxylic acids is 1. The van der Waals surface area contributed by atoms with Gasteiger partial charge in [0.1, 0.15) is 5.00 Å². The molecule has 2 aliphatic heterocycles. The number of esters is 1. The third-order valence-corrected chi connectivity index (χ3v) is 7.35. The molecule has 2 saturated heterocycles. The number of carboxylic acid groups (broad SMARTS) is 1. The van der Waals surface area contributed by atoms with Crippen molar-refractivity contribution in [2.75, 3.05) is 12.4 Å². The number of nitrogens with one attached hydrogen (secondary N) is 1. The molecule has 2 fully saturated rings. The first-order valence-corrected chi connectivity index (χ1v) is 10.7. The smallest absolute Gasteiger partial charge is 0.341 e. The van der Waals surface area contributed by atoms with Gasteiger partial charge >= 0.3 is 5.97 Å². The Morgan fingerprint density at radius 2 is 1.75 bits per heavy atom. The summed E-state index contributed by atoms with van der Waals surface area (Å²) < 4.78 is 10.6. The Labute approximate surface area is 167 Å². The lowest BCUT2D eigenvalue weighted by atomic mass is 9.78. The van der Waals surface area contributed by atoms with Gasteiger partial charge in [0.2, 0.25) is 5.91 Å². The molecule has 0 spiro atoms. The number of rotatable bonds is 4. The highest BCUT2D eigenvalue weighted by Gasteiger charge is 2.53. The average Bonchev–Trinajstić information content (AvgIpc) is 3.34. The van der Waals surface area contributed by atoms with Crippen LogP contribution in [0, 0.1) is 11.8 Å². The first kappa shape index (κ1) is 19.4. The SMILES string of the molecule is COC(=O)c1c(NC(=O)[C@@H]2[C@@H](C(=O)[O-])[C@@H]3CC[C@H]2O3)sc2c1CCCCCC2. The first-order chi connectivity index (χ1) is 13.5. The van der Waals surface area contributed by atoms with Crippen LogP contribution in [0.5, 0.6) is 0 Å². The van der Waals surface area contributed by atoms with Crippen molar-refractivity contribution >= 4 is 34.2 Å². The molecule has 1 N–H and O–H groups in total. The summed E-state index contributed by atoms with van der Waals surface area (Å²) in [5, 5.41) is 14.9. The summed E-state index contributed by atoms with van der Waals surface area (Å²) in [6.07, 6.45) is 6.40. The third-order valence-electron chi connectivity index (χ3n) is 6.15. The molecule has 1 amide bonds. The minimum atomic E-state index is -1.25. The van der Waals surface area contributed by atoms with Gasteiger partial charge in [-0.15, -0.1) is 11.3 Å². The van der Waals surface area contributed by atoms with E-state index in [4.69, 9.17) is 9.47 Å². The van der Waals surface area contributed by atoms with E-state index < -0.39 is 41.9 Å². The van der Waals surface area contributed by atoms with Crippen LogP contribution in [0.3, 0.4) is 0 Å². The number of amides is 1. The minimum absolute atomic E-state index is 0.407. The normalized spacial score (nSPS) is 28.9. The van der Waals surface area contributed by atoms with E-state index >= 15 is 0 Å². The molecule has 0 radical (unpaired) electrons. The number of thiophene rings is 1. The predicted octanol–water partition coefficient (Wildman–Crippen LogP) is 1.68. The van der Waals surface area contributed by atoms with E-state index in [2.05, 4.69) is 5.32 Å². The minimum Gasteiger partial charge on any atom is -0.550 e. The van der Waals surface area contributed by atoms with Crippen LogP contribution in [0.1, 0.15) is 59.3 Å². The highest BCUT2D eigenvalue weighted by atomic mass is 32.1. The molecule has 2 bridgehead atoms. The van der Waals surface area contributed by atoms with Crippen LogP contribution in [-0.2, 0) is 31.9 Å². The van der Waals surface area contributed by atoms with Crippen LogP contribution < -0.4 is 10.4 Å². The number of carbonyl (C=O) groups excluding carboxylic acids is 3. The largest absolute Gasteiger partial charge is 0.550 e. The van der Waals surface area contributed by atoms with Gasteiger partial charge in [0.05, 0.1) is 30.8 Å². The van der Waals surface area contributed by atoms with Crippen molar-refractivity contribution in [1.82, 2.24) is 0 Å². The topological polar surface area (TPSA) is 105 Å². The fourth-order valence-corrected chi connectivity index (χ4v) is 6.11. The summed E-state index contributed by atoms with van der Waals surface area (Å²) in [4.78, 5) is 38.2. The number of fused-ring (bicyclic) bond motifs is 3. The van der Waals surface area contributed by atoms with Crippen LogP contribution in [-0.4, -0.2) is 37.2 Å². The molecule has 1 aromatic rings. The maximum Gasteiger partial charge on any atom is 0.341 e. The summed E-state index contributed by atoms with van der Waals surface area (Å²) in [6.45, 7) is 0. The van der Waals surface area contributed by atoms with Gasteiger partial charge in [0, 0.05) is 16.8 Å². The molecule has 4 rings (SSSR count). The molecule has 4 atom stereocenters. The number of hydrogen-bond donors (Lipinski definition) is 1. The molecular formula is C20H24NO6S-. The lowest BCUT2D eigenvalue weighted by molar-refractivity contribution is -0.313. The molecular weight excluding hydrogens is 382 g/mol. The van der Waals surface area contributed by atoms with Gasteiger partial charge in [-0.1, -0.05) is 12.8 Å². The molecule has 1 aromatic heterocycles. The Morgan fingerprint density at radius 1 is 1.07 bits per heavy atom. The highest BCUT2D eigenvalue weighted by Crippen LogP contribution is 2.45. The van der Waals surface area contributed by atoms with Crippen molar-refractivity contribution in [2.24, 2.45) is 11.8 Å².